The number of alkyl halides is 1. The van der Waals surface area contributed by atoms with Crippen molar-refractivity contribution >= 4 is 31.9 Å². The quantitative estimate of drug-likeness (QED) is 0.738. The van der Waals surface area contributed by atoms with Gasteiger partial charge in [-0.3, -0.25) is 0 Å². The van der Waals surface area contributed by atoms with Gasteiger partial charge in [-0.25, -0.2) is 9.97 Å². The van der Waals surface area contributed by atoms with E-state index in [1.165, 1.54) is 17.5 Å². The summed E-state index contributed by atoms with van der Waals surface area (Å²) in [4.78, 5) is 8.50. The Hall–Kier alpha value is -0.940. The lowest BCUT2D eigenvalue weighted by atomic mass is 10.0. The van der Waals surface area contributed by atoms with Crippen LogP contribution in [0.15, 0.2) is 35.1 Å². The molecule has 1 aromatic carbocycles. The fourth-order valence-electron chi connectivity index (χ4n) is 1.84. The maximum atomic E-state index is 5.11. The van der Waals surface area contributed by atoms with Gasteiger partial charge >= 0.3 is 0 Å². The summed E-state index contributed by atoms with van der Waals surface area (Å²) in [5.41, 5.74) is 3.46. The van der Waals surface area contributed by atoms with Gasteiger partial charge in [0.05, 0.1) is 7.11 Å². The standard InChI is InChI=1S/C14H14Br2N2O/c1-9-3-4-10(15)5-12(9)13(16)6-11-7-14(19-2)18-8-17-11/h3-5,7-8,13H,6H2,1-2H3. The van der Waals surface area contributed by atoms with Crippen LogP contribution < -0.4 is 4.74 Å². The molecule has 19 heavy (non-hydrogen) atoms. The molecule has 0 aliphatic heterocycles. The SMILES string of the molecule is COc1cc(CC(Br)c2cc(Br)ccc2C)ncn1. The third-order valence-electron chi connectivity index (χ3n) is 2.87. The maximum absolute atomic E-state index is 5.11. The minimum atomic E-state index is 0.213. The highest BCUT2D eigenvalue weighted by molar-refractivity contribution is 9.10. The Kier molecular flexibility index (Phi) is 4.93. The van der Waals surface area contributed by atoms with Gasteiger partial charge in [0.2, 0.25) is 5.88 Å². The molecule has 0 saturated carbocycles. The van der Waals surface area contributed by atoms with E-state index in [0.29, 0.717) is 5.88 Å². The number of nitrogens with zero attached hydrogens (tertiary/aromatic N) is 2. The minimum Gasteiger partial charge on any atom is -0.481 e. The molecule has 0 bridgehead atoms. The average Bonchev–Trinajstić information content (AvgIpc) is 2.41. The molecule has 1 unspecified atom stereocenters. The number of benzene rings is 1. The largest absolute Gasteiger partial charge is 0.481 e. The molecule has 0 radical (unpaired) electrons. The fraction of sp³-hybridized carbons (Fsp3) is 0.286. The van der Waals surface area contributed by atoms with E-state index in [2.05, 4.69) is 60.9 Å². The third-order valence-corrected chi connectivity index (χ3v) is 4.19. The van der Waals surface area contributed by atoms with Gasteiger partial charge in [-0.15, -0.1) is 0 Å². The lowest BCUT2D eigenvalue weighted by Gasteiger charge is -2.13. The maximum Gasteiger partial charge on any atom is 0.216 e. The second kappa shape index (κ2) is 6.48. The lowest BCUT2D eigenvalue weighted by molar-refractivity contribution is 0.396. The second-order valence-corrected chi connectivity index (χ2v) is 6.25. The van der Waals surface area contributed by atoms with Gasteiger partial charge in [0, 0.05) is 27.5 Å². The molecule has 0 fully saturated rings. The Bertz CT molecular complexity index is 575. The van der Waals surface area contributed by atoms with Gasteiger partial charge < -0.3 is 4.74 Å². The molecule has 0 saturated heterocycles. The first kappa shape index (κ1) is 14.5. The van der Waals surface area contributed by atoms with Crippen LogP contribution in [0.3, 0.4) is 0 Å². The first-order valence-electron chi connectivity index (χ1n) is 5.85. The van der Waals surface area contributed by atoms with Crippen LogP contribution in [-0.2, 0) is 6.42 Å². The van der Waals surface area contributed by atoms with Crippen LogP contribution in [0.4, 0.5) is 0 Å². The van der Waals surface area contributed by atoms with Gasteiger partial charge in [0.25, 0.3) is 0 Å². The van der Waals surface area contributed by atoms with E-state index in [-0.39, 0.29) is 4.83 Å². The number of aryl methyl sites for hydroxylation is 1. The van der Waals surface area contributed by atoms with Gasteiger partial charge in [-0.2, -0.15) is 0 Å². The summed E-state index contributed by atoms with van der Waals surface area (Å²) < 4.78 is 6.19. The molecule has 2 aromatic rings. The van der Waals surface area contributed by atoms with Crippen molar-refractivity contribution in [3.63, 3.8) is 0 Å². The van der Waals surface area contributed by atoms with Crippen molar-refractivity contribution in [3.05, 3.63) is 51.9 Å². The van der Waals surface area contributed by atoms with Crippen LogP contribution >= 0.6 is 31.9 Å². The van der Waals surface area contributed by atoms with Crippen molar-refractivity contribution in [1.29, 1.82) is 0 Å². The molecule has 0 amide bonds. The van der Waals surface area contributed by atoms with Crippen molar-refractivity contribution in [3.8, 4) is 5.88 Å². The summed E-state index contributed by atoms with van der Waals surface area (Å²) in [5.74, 6) is 0.593. The molecular formula is C14H14Br2N2O. The summed E-state index contributed by atoms with van der Waals surface area (Å²) >= 11 is 7.24. The predicted molar refractivity (Wildman–Crippen MR) is 82.8 cm³/mol. The molecule has 0 aliphatic rings. The fourth-order valence-corrected chi connectivity index (χ4v) is 3.05. The molecule has 2 rings (SSSR count). The van der Waals surface area contributed by atoms with Crippen LogP contribution in [-0.4, -0.2) is 17.1 Å². The Morgan fingerprint density at radius 1 is 1.26 bits per heavy atom. The summed E-state index contributed by atoms with van der Waals surface area (Å²) in [6, 6.07) is 8.15. The Morgan fingerprint density at radius 2 is 2.05 bits per heavy atom. The average molecular weight is 386 g/mol. The monoisotopic (exact) mass is 384 g/mol. The number of rotatable bonds is 4. The lowest BCUT2D eigenvalue weighted by Crippen LogP contribution is -2.01. The molecule has 1 atom stereocenters. The highest BCUT2D eigenvalue weighted by Gasteiger charge is 2.13. The number of methoxy groups -OCH3 is 1. The van der Waals surface area contributed by atoms with Crippen molar-refractivity contribution in [2.75, 3.05) is 7.11 Å². The Balaban J connectivity index is 2.20. The van der Waals surface area contributed by atoms with E-state index >= 15 is 0 Å². The molecule has 1 aromatic heterocycles. The third kappa shape index (κ3) is 3.76. The minimum absolute atomic E-state index is 0.213. The number of hydrogen-bond acceptors (Lipinski definition) is 3. The molecule has 0 aliphatic carbocycles. The van der Waals surface area contributed by atoms with Gasteiger partial charge in [-0.1, -0.05) is 37.9 Å². The van der Waals surface area contributed by atoms with Gasteiger partial charge in [0.15, 0.2) is 0 Å². The van der Waals surface area contributed by atoms with Crippen LogP contribution in [0, 0.1) is 6.92 Å². The van der Waals surface area contributed by atoms with Gasteiger partial charge in [0.1, 0.15) is 6.33 Å². The van der Waals surface area contributed by atoms with E-state index in [9.17, 15) is 0 Å². The van der Waals surface area contributed by atoms with E-state index < -0.39 is 0 Å². The summed E-state index contributed by atoms with van der Waals surface area (Å²) in [6.45, 7) is 2.11. The van der Waals surface area contributed by atoms with Crippen molar-refractivity contribution in [2.24, 2.45) is 0 Å². The highest BCUT2D eigenvalue weighted by atomic mass is 79.9. The molecule has 5 heteroatoms. The van der Waals surface area contributed by atoms with Crippen molar-refractivity contribution in [1.82, 2.24) is 9.97 Å². The zero-order chi connectivity index (χ0) is 13.8. The normalized spacial score (nSPS) is 12.2. The first-order valence-corrected chi connectivity index (χ1v) is 7.56. The molecule has 100 valence electrons. The van der Waals surface area contributed by atoms with Crippen LogP contribution in [0.2, 0.25) is 0 Å². The Morgan fingerprint density at radius 3 is 2.79 bits per heavy atom. The number of aromatic nitrogens is 2. The van der Waals surface area contributed by atoms with E-state index in [4.69, 9.17) is 4.74 Å². The smallest absolute Gasteiger partial charge is 0.216 e. The Labute approximate surface area is 129 Å². The molecule has 0 spiro atoms. The number of halogens is 2. The predicted octanol–water partition coefficient (Wildman–Crippen LogP) is 4.23. The van der Waals surface area contributed by atoms with Crippen LogP contribution in [0.5, 0.6) is 5.88 Å². The number of ether oxygens (including phenoxy) is 1. The van der Waals surface area contributed by atoms with Crippen molar-refractivity contribution < 1.29 is 4.74 Å². The topological polar surface area (TPSA) is 35.0 Å². The van der Waals surface area contributed by atoms with E-state index in [1.807, 2.05) is 12.1 Å². The first-order chi connectivity index (χ1) is 9.10. The zero-order valence-electron chi connectivity index (χ0n) is 10.7. The zero-order valence-corrected chi connectivity index (χ0v) is 13.9. The summed E-state index contributed by atoms with van der Waals surface area (Å²) in [7, 11) is 1.61. The molecular weight excluding hydrogens is 372 g/mol. The molecule has 0 N–H and O–H groups in total. The van der Waals surface area contributed by atoms with E-state index in [0.717, 1.165) is 16.6 Å². The van der Waals surface area contributed by atoms with Crippen molar-refractivity contribution in [2.45, 2.75) is 18.2 Å². The van der Waals surface area contributed by atoms with E-state index in [1.54, 1.807) is 7.11 Å². The number of hydrogen-bond donors (Lipinski definition) is 0. The van der Waals surface area contributed by atoms with Gasteiger partial charge in [-0.05, 0) is 30.2 Å². The molecule has 3 nitrogen and oxygen atoms in total. The summed E-state index contributed by atoms with van der Waals surface area (Å²) in [5, 5.41) is 0. The van der Waals surface area contributed by atoms with Crippen LogP contribution in [0.1, 0.15) is 21.6 Å². The van der Waals surface area contributed by atoms with Crippen LogP contribution in [0.25, 0.3) is 0 Å². The molecule has 1 heterocycles. The highest BCUT2D eigenvalue weighted by Crippen LogP contribution is 2.31. The second-order valence-electron chi connectivity index (χ2n) is 4.22. The summed E-state index contributed by atoms with van der Waals surface area (Å²) in [6.07, 6.45) is 2.32.